The van der Waals surface area contributed by atoms with Crippen molar-refractivity contribution in [1.82, 2.24) is 0 Å². The van der Waals surface area contributed by atoms with Crippen molar-refractivity contribution in [2.24, 2.45) is 0 Å². The van der Waals surface area contributed by atoms with Gasteiger partial charge in [-0.15, -0.1) is 12.4 Å². The van der Waals surface area contributed by atoms with Gasteiger partial charge in [-0.05, 0) is 47.0 Å². The van der Waals surface area contributed by atoms with E-state index in [0.29, 0.717) is 4.47 Å². The van der Waals surface area contributed by atoms with Crippen LogP contribution in [0.3, 0.4) is 0 Å². The number of nitrogens with zero attached hydrogens (tertiary/aromatic N) is 1. The van der Waals surface area contributed by atoms with Gasteiger partial charge in [-0.25, -0.2) is 4.39 Å². The van der Waals surface area contributed by atoms with E-state index in [4.69, 9.17) is 0 Å². The highest BCUT2D eigenvalue weighted by atomic mass is 79.9. The van der Waals surface area contributed by atoms with E-state index in [2.05, 4.69) is 20.8 Å². The molecule has 0 spiro atoms. The second-order valence-corrected chi connectivity index (χ2v) is 4.15. The largest absolute Gasteiger partial charge is 0.372 e. The van der Waals surface area contributed by atoms with Crippen molar-refractivity contribution in [3.63, 3.8) is 0 Å². The van der Waals surface area contributed by atoms with Crippen molar-refractivity contribution in [3.05, 3.63) is 28.5 Å². The third-order valence-corrected chi connectivity index (χ3v) is 2.98. The molecule has 1 aromatic rings. The quantitative estimate of drug-likeness (QED) is 0.759. The summed E-state index contributed by atoms with van der Waals surface area (Å²) in [5, 5.41) is 0. The van der Waals surface area contributed by atoms with Crippen LogP contribution in [0.5, 0.6) is 0 Å². The normalized spacial score (nSPS) is 15.4. The van der Waals surface area contributed by atoms with Crippen LogP contribution in [-0.2, 0) is 0 Å². The second-order valence-electron chi connectivity index (χ2n) is 3.29. The molecule has 0 N–H and O–H groups in total. The van der Waals surface area contributed by atoms with Gasteiger partial charge in [-0.1, -0.05) is 0 Å². The molecule has 0 atom stereocenters. The molecule has 0 radical (unpaired) electrons. The molecule has 1 fully saturated rings. The van der Waals surface area contributed by atoms with E-state index in [1.54, 1.807) is 0 Å². The minimum Gasteiger partial charge on any atom is -0.372 e. The summed E-state index contributed by atoms with van der Waals surface area (Å²) in [5.74, 6) is -0.192. The maximum atomic E-state index is 12.9. The standard InChI is InChI=1S/C10H11BrFN.ClH/c11-9-7-8(3-4-10(9)12)13-5-1-2-6-13;/h3-4,7H,1-2,5-6H2;1H. The first kappa shape index (κ1) is 11.8. The average molecular weight is 281 g/mol. The van der Waals surface area contributed by atoms with Crippen LogP contribution in [0.4, 0.5) is 10.1 Å². The van der Waals surface area contributed by atoms with Crippen molar-refractivity contribution >= 4 is 34.0 Å². The molecule has 1 aliphatic rings. The van der Waals surface area contributed by atoms with Gasteiger partial charge in [0.1, 0.15) is 5.82 Å². The lowest BCUT2D eigenvalue weighted by Gasteiger charge is -2.17. The van der Waals surface area contributed by atoms with E-state index in [-0.39, 0.29) is 18.2 Å². The Morgan fingerprint density at radius 2 is 1.86 bits per heavy atom. The SMILES string of the molecule is Cl.Fc1ccc(N2CCCC2)cc1Br. The summed E-state index contributed by atoms with van der Waals surface area (Å²) < 4.78 is 13.5. The molecule has 1 aromatic carbocycles. The lowest BCUT2D eigenvalue weighted by atomic mass is 10.3. The molecule has 4 heteroatoms. The Morgan fingerprint density at radius 1 is 1.21 bits per heavy atom. The smallest absolute Gasteiger partial charge is 0.137 e. The van der Waals surface area contributed by atoms with Crippen molar-refractivity contribution < 1.29 is 4.39 Å². The van der Waals surface area contributed by atoms with Crippen LogP contribution in [-0.4, -0.2) is 13.1 Å². The van der Waals surface area contributed by atoms with Crippen LogP contribution in [0.15, 0.2) is 22.7 Å². The van der Waals surface area contributed by atoms with Crippen LogP contribution < -0.4 is 4.90 Å². The number of anilines is 1. The van der Waals surface area contributed by atoms with E-state index in [0.717, 1.165) is 18.8 Å². The molecule has 1 aliphatic heterocycles. The molecule has 14 heavy (non-hydrogen) atoms. The predicted molar refractivity (Wildman–Crippen MR) is 62.8 cm³/mol. The van der Waals surface area contributed by atoms with Crippen molar-refractivity contribution in [2.75, 3.05) is 18.0 Å². The summed E-state index contributed by atoms with van der Waals surface area (Å²) >= 11 is 3.19. The van der Waals surface area contributed by atoms with Gasteiger partial charge in [0.05, 0.1) is 4.47 Å². The van der Waals surface area contributed by atoms with E-state index in [9.17, 15) is 4.39 Å². The summed E-state index contributed by atoms with van der Waals surface area (Å²) in [6.07, 6.45) is 2.49. The van der Waals surface area contributed by atoms with Crippen LogP contribution in [0.2, 0.25) is 0 Å². The van der Waals surface area contributed by atoms with E-state index >= 15 is 0 Å². The predicted octanol–water partition coefficient (Wildman–Crippen LogP) is 3.61. The summed E-state index contributed by atoms with van der Waals surface area (Å²) in [4.78, 5) is 2.28. The topological polar surface area (TPSA) is 3.24 Å². The Bertz CT molecular complexity index is 313. The minimum atomic E-state index is -0.192. The third-order valence-electron chi connectivity index (χ3n) is 2.37. The second kappa shape index (κ2) is 4.99. The monoisotopic (exact) mass is 279 g/mol. The Balaban J connectivity index is 0.000000980. The molecule has 0 aliphatic carbocycles. The lowest BCUT2D eigenvalue weighted by molar-refractivity contribution is 0.621. The molecule has 1 nitrogen and oxygen atoms in total. The van der Waals surface area contributed by atoms with Gasteiger partial charge >= 0.3 is 0 Å². The first-order valence-electron chi connectivity index (χ1n) is 4.47. The summed E-state index contributed by atoms with van der Waals surface area (Å²) in [7, 11) is 0. The first-order valence-corrected chi connectivity index (χ1v) is 5.27. The molecule has 0 aromatic heterocycles. The Kier molecular flexibility index (Phi) is 4.20. The number of rotatable bonds is 1. The highest BCUT2D eigenvalue weighted by Gasteiger charge is 2.12. The van der Waals surface area contributed by atoms with E-state index in [1.165, 1.54) is 18.9 Å². The number of hydrogen-bond acceptors (Lipinski definition) is 1. The van der Waals surface area contributed by atoms with Crippen molar-refractivity contribution in [1.29, 1.82) is 0 Å². The van der Waals surface area contributed by atoms with Crippen LogP contribution in [0, 0.1) is 5.82 Å². The van der Waals surface area contributed by atoms with Gasteiger partial charge < -0.3 is 4.90 Å². The van der Waals surface area contributed by atoms with E-state index in [1.807, 2.05) is 12.1 Å². The highest BCUT2D eigenvalue weighted by Crippen LogP contribution is 2.25. The summed E-state index contributed by atoms with van der Waals surface area (Å²) in [6, 6.07) is 5.20. The fourth-order valence-corrected chi connectivity index (χ4v) is 2.02. The molecular formula is C10H12BrClFN. The zero-order valence-corrected chi connectivity index (χ0v) is 10.1. The Morgan fingerprint density at radius 3 is 2.43 bits per heavy atom. The van der Waals surface area contributed by atoms with Crippen molar-refractivity contribution in [3.8, 4) is 0 Å². The zero-order valence-electron chi connectivity index (χ0n) is 7.67. The summed E-state index contributed by atoms with van der Waals surface area (Å²) in [6.45, 7) is 2.19. The Hall–Kier alpha value is -0.280. The first-order chi connectivity index (χ1) is 6.27. The molecular weight excluding hydrogens is 268 g/mol. The van der Waals surface area contributed by atoms with Gasteiger partial charge in [0.15, 0.2) is 0 Å². The van der Waals surface area contributed by atoms with Crippen LogP contribution >= 0.6 is 28.3 Å². The zero-order chi connectivity index (χ0) is 9.26. The average Bonchev–Trinajstić information content (AvgIpc) is 2.62. The van der Waals surface area contributed by atoms with Gasteiger partial charge in [-0.2, -0.15) is 0 Å². The molecule has 1 heterocycles. The Labute approximate surface area is 97.8 Å². The van der Waals surface area contributed by atoms with Gasteiger partial charge in [0, 0.05) is 18.8 Å². The minimum absolute atomic E-state index is 0. The van der Waals surface area contributed by atoms with Gasteiger partial charge in [0.2, 0.25) is 0 Å². The third kappa shape index (κ3) is 2.39. The maximum absolute atomic E-state index is 12.9. The maximum Gasteiger partial charge on any atom is 0.137 e. The fraction of sp³-hybridized carbons (Fsp3) is 0.400. The van der Waals surface area contributed by atoms with Crippen molar-refractivity contribution in [2.45, 2.75) is 12.8 Å². The fourth-order valence-electron chi connectivity index (χ4n) is 1.66. The van der Waals surface area contributed by atoms with Crippen LogP contribution in [0.1, 0.15) is 12.8 Å². The van der Waals surface area contributed by atoms with Gasteiger partial charge in [0.25, 0.3) is 0 Å². The lowest BCUT2D eigenvalue weighted by Crippen LogP contribution is -2.17. The van der Waals surface area contributed by atoms with Crippen LogP contribution in [0.25, 0.3) is 0 Å². The molecule has 0 unspecified atom stereocenters. The highest BCUT2D eigenvalue weighted by molar-refractivity contribution is 9.10. The molecule has 78 valence electrons. The molecule has 0 saturated carbocycles. The number of benzene rings is 1. The van der Waals surface area contributed by atoms with E-state index < -0.39 is 0 Å². The van der Waals surface area contributed by atoms with Gasteiger partial charge in [-0.3, -0.25) is 0 Å². The molecule has 0 bridgehead atoms. The summed E-state index contributed by atoms with van der Waals surface area (Å²) in [5.41, 5.74) is 1.12. The molecule has 2 rings (SSSR count). The molecule has 1 saturated heterocycles. The molecule has 0 amide bonds. The number of hydrogen-bond donors (Lipinski definition) is 0. The number of halogens is 3.